The van der Waals surface area contributed by atoms with E-state index in [4.69, 9.17) is 14.6 Å². The second-order valence-corrected chi connectivity index (χ2v) is 8.33. The summed E-state index contributed by atoms with van der Waals surface area (Å²) in [5, 5.41) is 38.2. The third-order valence-corrected chi connectivity index (χ3v) is 5.69. The number of carboxylic acids is 1. The maximum atomic E-state index is 12.7. The lowest BCUT2D eigenvalue weighted by Gasteiger charge is -2.16. The van der Waals surface area contributed by atoms with E-state index in [1.807, 2.05) is 0 Å². The predicted molar refractivity (Wildman–Crippen MR) is 136 cm³/mol. The topological polar surface area (TPSA) is 183 Å². The van der Waals surface area contributed by atoms with Crippen LogP contribution in [0.3, 0.4) is 0 Å². The van der Waals surface area contributed by atoms with Crippen LogP contribution in [0, 0.1) is 17.0 Å². The molecule has 0 saturated heterocycles. The molecule has 13 heteroatoms. The molecule has 4 rings (SSSR count). The number of amides is 1. The van der Waals surface area contributed by atoms with Gasteiger partial charge in [0.15, 0.2) is 0 Å². The van der Waals surface area contributed by atoms with Crippen molar-refractivity contribution in [2.24, 2.45) is 0 Å². The van der Waals surface area contributed by atoms with Crippen LogP contribution in [0.2, 0.25) is 0 Å². The number of ether oxygens (including phenoxy) is 2. The first-order chi connectivity index (χ1) is 18.6. The number of rotatable bonds is 9. The Bertz CT molecular complexity index is 1610. The van der Waals surface area contributed by atoms with Gasteiger partial charge in [-0.25, -0.2) is 4.68 Å². The van der Waals surface area contributed by atoms with Gasteiger partial charge in [0.2, 0.25) is 5.88 Å². The third-order valence-electron chi connectivity index (χ3n) is 5.69. The van der Waals surface area contributed by atoms with Crippen LogP contribution in [0.15, 0.2) is 54.6 Å². The highest BCUT2D eigenvalue weighted by atomic mass is 16.6. The zero-order valence-electron chi connectivity index (χ0n) is 20.7. The van der Waals surface area contributed by atoms with Crippen LogP contribution in [-0.4, -0.2) is 49.3 Å². The fraction of sp³-hybridized carbons (Fsp3) is 0.154. The molecule has 0 unspecified atom stereocenters. The van der Waals surface area contributed by atoms with E-state index in [9.17, 15) is 29.6 Å². The summed E-state index contributed by atoms with van der Waals surface area (Å²) in [5.41, 5.74) is 0.858. The monoisotopic (exact) mass is 534 g/mol. The Morgan fingerprint density at radius 2 is 1.77 bits per heavy atom. The van der Waals surface area contributed by atoms with Gasteiger partial charge >= 0.3 is 11.9 Å². The van der Waals surface area contributed by atoms with Crippen molar-refractivity contribution in [3.8, 4) is 23.1 Å². The number of fused-ring (bicyclic) bond motifs is 1. The minimum atomic E-state index is -1.27. The summed E-state index contributed by atoms with van der Waals surface area (Å²) >= 11 is 0. The highest BCUT2D eigenvalue weighted by Crippen LogP contribution is 2.40. The molecule has 1 aromatic heterocycles. The SMILES string of the molecule is CC(=O)OCc1c(C)nn(-c2ccc([N+](=O)[O-])cc2)c1Oc1cc(C(=O)NCC(=O)O)c(O)c2ccccc12. The number of carbonyl (C=O) groups is 3. The number of carbonyl (C=O) groups excluding carboxylic acids is 2. The van der Waals surface area contributed by atoms with Gasteiger partial charge < -0.3 is 25.0 Å². The van der Waals surface area contributed by atoms with E-state index in [2.05, 4.69) is 10.4 Å². The Hall–Kier alpha value is -5.46. The summed E-state index contributed by atoms with van der Waals surface area (Å²) in [4.78, 5) is 45.8. The highest BCUT2D eigenvalue weighted by molar-refractivity contribution is 6.06. The number of aromatic hydroxyl groups is 1. The van der Waals surface area contributed by atoms with Crippen molar-refractivity contribution in [3.63, 3.8) is 0 Å². The van der Waals surface area contributed by atoms with Gasteiger partial charge in [0.05, 0.1) is 27.4 Å². The quantitative estimate of drug-likeness (QED) is 0.163. The van der Waals surface area contributed by atoms with Crippen LogP contribution in [0.5, 0.6) is 17.4 Å². The van der Waals surface area contributed by atoms with Gasteiger partial charge in [-0.05, 0) is 25.1 Å². The number of aryl methyl sites for hydroxylation is 1. The number of esters is 1. The van der Waals surface area contributed by atoms with Gasteiger partial charge in [-0.1, -0.05) is 24.3 Å². The largest absolute Gasteiger partial charge is 0.506 e. The molecule has 0 aliphatic rings. The number of nitrogens with zero attached hydrogens (tertiary/aromatic N) is 3. The number of nitrogens with one attached hydrogen (secondary N) is 1. The van der Waals surface area contributed by atoms with Crippen molar-refractivity contribution >= 4 is 34.3 Å². The van der Waals surface area contributed by atoms with Crippen LogP contribution in [0.4, 0.5) is 5.69 Å². The van der Waals surface area contributed by atoms with Crippen molar-refractivity contribution < 1.29 is 39.0 Å². The summed E-state index contributed by atoms with van der Waals surface area (Å²) in [6.45, 7) is 2.03. The van der Waals surface area contributed by atoms with Crippen LogP contribution < -0.4 is 10.1 Å². The fourth-order valence-corrected chi connectivity index (χ4v) is 3.81. The van der Waals surface area contributed by atoms with Gasteiger partial charge in [0.25, 0.3) is 11.6 Å². The number of carboxylic acid groups (broad SMARTS) is 1. The molecule has 0 aliphatic heterocycles. The molecule has 0 spiro atoms. The number of benzene rings is 3. The minimum Gasteiger partial charge on any atom is -0.506 e. The van der Waals surface area contributed by atoms with E-state index < -0.39 is 29.3 Å². The van der Waals surface area contributed by atoms with Crippen molar-refractivity contribution in [3.05, 3.63) is 81.5 Å². The molecular formula is C26H22N4O9. The Morgan fingerprint density at radius 3 is 2.38 bits per heavy atom. The molecule has 0 atom stereocenters. The summed E-state index contributed by atoms with van der Waals surface area (Å²) in [7, 11) is 0. The number of hydrogen-bond acceptors (Lipinski definition) is 9. The first-order valence-corrected chi connectivity index (χ1v) is 11.5. The number of aromatic nitrogens is 2. The first-order valence-electron chi connectivity index (χ1n) is 11.5. The first kappa shape index (κ1) is 26.6. The lowest BCUT2D eigenvalue weighted by molar-refractivity contribution is -0.384. The molecule has 3 N–H and O–H groups in total. The van der Waals surface area contributed by atoms with Crippen molar-refractivity contribution in [2.75, 3.05) is 6.54 Å². The van der Waals surface area contributed by atoms with Crippen molar-refractivity contribution in [1.29, 1.82) is 0 Å². The second-order valence-electron chi connectivity index (χ2n) is 8.33. The lowest BCUT2D eigenvalue weighted by atomic mass is 10.0. The molecule has 200 valence electrons. The van der Waals surface area contributed by atoms with Crippen molar-refractivity contribution in [2.45, 2.75) is 20.5 Å². The molecule has 1 amide bonds. The Kier molecular flexibility index (Phi) is 7.42. The standard InChI is InChI=1S/C26H22N4O9/c1-14-21(13-38-15(2)31)26(29(28-14)16-7-9-17(10-8-16)30(36)37)39-22-11-20(25(35)27-12-23(32)33)24(34)19-6-4-3-5-18(19)22/h3-11,34H,12-13H2,1-2H3,(H,27,35)(H,32,33). The summed E-state index contributed by atoms with van der Waals surface area (Å²) in [5.74, 6) is -2.83. The average Bonchev–Trinajstić information content (AvgIpc) is 3.22. The molecule has 13 nitrogen and oxygen atoms in total. The fourth-order valence-electron chi connectivity index (χ4n) is 3.81. The molecule has 0 aliphatic carbocycles. The number of aliphatic carboxylic acids is 1. The summed E-state index contributed by atoms with van der Waals surface area (Å²) in [6, 6.07) is 13.3. The van der Waals surface area contributed by atoms with Gasteiger partial charge in [0.1, 0.15) is 24.7 Å². The third kappa shape index (κ3) is 5.61. The molecule has 0 fully saturated rings. The average molecular weight is 534 g/mol. The van der Waals surface area contributed by atoms with Gasteiger partial charge in [0, 0.05) is 29.8 Å². The Labute approximate surface area is 220 Å². The molecule has 0 saturated carbocycles. The summed E-state index contributed by atoms with van der Waals surface area (Å²) in [6.07, 6.45) is 0. The zero-order valence-corrected chi connectivity index (χ0v) is 20.7. The normalized spacial score (nSPS) is 10.7. The second kappa shape index (κ2) is 10.9. The maximum absolute atomic E-state index is 12.7. The Balaban J connectivity index is 1.88. The van der Waals surface area contributed by atoms with E-state index in [1.54, 1.807) is 31.2 Å². The van der Waals surface area contributed by atoms with E-state index >= 15 is 0 Å². The molecule has 4 aromatic rings. The molecular weight excluding hydrogens is 512 g/mol. The number of phenolic OH excluding ortho intramolecular Hbond substituents is 1. The number of hydrogen-bond donors (Lipinski definition) is 3. The number of nitro benzene ring substituents is 1. The van der Waals surface area contributed by atoms with E-state index in [1.165, 1.54) is 41.9 Å². The maximum Gasteiger partial charge on any atom is 0.322 e. The minimum absolute atomic E-state index is 0.0929. The van der Waals surface area contributed by atoms with Crippen LogP contribution in [0.1, 0.15) is 28.5 Å². The van der Waals surface area contributed by atoms with Crippen LogP contribution in [0.25, 0.3) is 16.5 Å². The van der Waals surface area contributed by atoms with Crippen LogP contribution in [-0.2, 0) is 20.9 Å². The van der Waals surface area contributed by atoms with E-state index in [-0.39, 0.29) is 40.6 Å². The number of phenols is 1. The van der Waals surface area contributed by atoms with E-state index in [0.29, 0.717) is 22.3 Å². The van der Waals surface area contributed by atoms with Crippen LogP contribution >= 0.6 is 0 Å². The molecule has 1 heterocycles. The molecule has 0 bridgehead atoms. The van der Waals surface area contributed by atoms with Gasteiger partial charge in [-0.2, -0.15) is 5.10 Å². The smallest absolute Gasteiger partial charge is 0.322 e. The Morgan fingerprint density at radius 1 is 1.10 bits per heavy atom. The van der Waals surface area contributed by atoms with E-state index in [0.717, 1.165) is 0 Å². The number of non-ortho nitro benzene ring substituents is 1. The molecule has 3 aromatic carbocycles. The van der Waals surface area contributed by atoms with Crippen molar-refractivity contribution in [1.82, 2.24) is 15.1 Å². The molecule has 39 heavy (non-hydrogen) atoms. The highest BCUT2D eigenvalue weighted by Gasteiger charge is 2.24. The zero-order chi connectivity index (χ0) is 28.3. The lowest BCUT2D eigenvalue weighted by Crippen LogP contribution is -2.29. The summed E-state index contributed by atoms with van der Waals surface area (Å²) < 4.78 is 12.8. The number of nitro groups is 1. The molecule has 0 radical (unpaired) electrons. The van der Waals surface area contributed by atoms with Gasteiger partial charge in [-0.3, -0.25) is 24.5 Å². The predicted octanol–water partition coefficient (Wildman–Crippen LogP) is 3.62. The van der Waals surface area contributed by atoms with Gasteiger partial charge in [-0.15, -0.1) is 0 Å².